The summed E-state index contributed by atoms with van der Waals surface area (Å²) in [6.07, 6.45) is 6.71. The second-order valence-electron chi connectivity index (χ2n) is 6.14. The van der Waals surface area contributed by atoms with E-state index in [4.69, 9.17) is 11.6 Å². The average Bonchev–Trinajstić information content (AvgIpc) is 2.51. The lowest BCUT2D eigenvalue weighted by Gasteiger charge is -2.43. The van der Waals surface area contributed by atoms with Gasteiger partial charge in [0, 0.05) is 11.1 Å². The minimum Gasteiger partial charge on any atom is -0.303 e. The predicted molar refractivity (Wildman–Crippen MR) is 97.5 cm³/mol. The summed E-state index contributed by atoms with van der Waals surface area (Å²) in [6, 6.07) is 9.33. The quantitative estimate of drug-likeness (QED) is 0.740. The van der Waals surface area contributed by atoms with Crippen molar-refractivity contribution in [2.75, 3.05) is 25.1 Å². The number of hydrogen-bond acceptors (Lipinski definition) is 3. The summed E-state index contributed by atoms with van der Waals surface area (Å²) in [7, 11) is 2.30. The molecule has 116 valence electrons. The van der Waals surface area contributed by atoms with Gasteiger partial charge in [-0.2, -0.15) is 0 Å². The van der Waals surface area contributed by atoms with Crippen LogP contribution in [-0.2, 0) is 4.08 Å². The van der Waals surface area contributed by atoms with Gasteiger partial charge in [-0.1, -0.05) is 30.2 Å². The van der Waals surface area contributed by atoms with E-state index in [0.29, 0.717) is 0 Å². The Kier molecular flexibility index (Phi) is 5.47. The van der Waals surface area contributed by atoms with E-state index in [2.05, 4.69) is 59.7 Å². The molecular formula is C17H24ClNS2. The van der Waals surface area contributed by atoms with Crippen molar-refractivity contribution >= 4 is 35.1 Å². The summed E-state index contributed by atoms with van der Waals surface area (Å²) in [5.74, 6) is 2.57. The Hall–Kier alpha value is 0.170. The second-order valence-corrected chi connectivity index (χ2v) is 9.63. The molecule has 2 fully saturated rings. The van der Waals surface area contributed by atoms with Crippen LogP contribution in [0.1, 0.15) is 37.7 Å². The fraction of sp³-hybridized carbons (Fsp3) is 0.647. The molecule has 2 saturated heterocycles. The molecule has 1 atom stereocenters. The van der Waals surface area contributed by atoms with E-state index in [1.165, 1.54) is 55.7 Å². The van der Waals surface area contributed by atoms with Gasteiger partial charge < -0.3 is 4.90 Å². The molecular weight excluding hydrogens is 318 g/mol. The third kappa shape index (κ3) is 3.74. The van der Waals surface area contributed by atoms with Crippen LogP contribution in [0.2, 0.25) is 5.02 Å². The fourth-order valence-electron chi connectivity index (χ4n) is 3.39. The van der Waals surface area contributed by atoms with Crippen LogP contribution in [0, 0.1) is 0 Å². The Bertz CT molecular complexity index is 456. The number of rotatable bonds is 3. The molecule has 1 aromatic rings. The van der Waals surface area contributed by atoms with Crippen molar-refractivity contribution in [3.63, 3.8) is 0 Å². The summed E-state index contributed by atoms with van der Waals surface area (Å²) >= 11 is 10.4. The molecule has 0 aliphatic carbocycles. The molecule has 0 N–H and O–H groups in total. The van der Waals surface area contributed by atoms with Gasteiger partial charge in [-0.15, -0.1) is 23.5 Å². The van der Waals surface area contributed by atoms with Gasteiger partial charge in [0.15, 0.2) is 0 Å². The molecule has 4 heteroatoms. The zero-order valence-corrected chi connectivity index (χ0v) is 15.1. The SMILES string of the molecule is CN1CCCCC1CC1(c2ccc(Cl)cc2)SCCCS1. The van der Waals surface area contributed by atoms with Crippen LogP contribution < -0.4 is 0 Å². The lowest BCUT2D eigenvalue weighted by atomic mass is 9.95. The molecule has 0 aromatic heterocycles. The van der Waals surface area contributed by atoms with Crippen molar-refractivity contribution in [2.24, 2.45) is 0 Å². The van der Waals surface area contributed by atoms with Crippen LogP contribution in [0.25, 0.3) is 0 Å². The topological polar surface area (TPSA) is 3.24 Å². The third-order valence-electron chi connectivity index (χ3n) is 4.67. The zero-order chi connectivity index (χ0) is 14.7. The van der Waals surface area contributed by atoms with E-state index in [-0.39, 0.29) is 4.08 Å². The maximum absolute atomic E-state index is 6.09. The standard InChI is InChI=1S/C17H24ClNS2/c1-19-10-3-2-5-16(19)13-17(20-11-4-12-21-17)14-6-8-15(18)9-7-14/h6-9,16H,2-5,10-13H2,1H3. The lowest BCUT2D eigenvalue weighted by molar-refractivity contribution is 0.173. The van der Waals surface area contributed by atoms with Gasteiger partial charge in [-0.25, -0.2) is 0 Å². The van der Waals surface area contributed by atoms with Gasteiger partial charge in [0.1, 0.15) is 0 Å². The molecule has 2 heterocycles. The highest BCUT2D eigenvalue weighted by Gasteiger charge is 2.39. The molecule has 0 bridgehead atoms. The van der Waals surface area contributed by atoms with Gasteiger partial charge >= 0.3 is 0 Å². The van der Waals surface area contributed by atoms with Gasteiger partial charge in [0.25, 0.3) is 0 Å². The Morgan fingerprint density at radius 3 is 2.52 bits per heavy atom. The lowest BCUT2D eigenvalue weighted by Crippen LogP contribution is -2.41. The fourth-order valence-corrected chi connectivity index (χ4v) is 7.00. The zero-order valence-electron chi connectivity index (χ0n) is 12.7. The Morgan fingerprint density at radius 1 is 1.14 bits per heavy atom. The van der Waals surface area contributed by atoms with Gasteiger partial charge in [0.05, 0.1) is 4.08 Å². The summed E-state index contributed by atoms with van der Waals surface area (Å²) < 4.78 is 0.235. The van der Waals surface area contributed by atoms with Crippen LogP contribution in [0.3, 0.4) is 0 Å². The Balaban J connectivity index is 1.84. The number of halogens is 1. The molecule has 1 aromatic carbocycles. The Labute approximate surface area is 142 Å². The van der Waals surface area contributed by atoms with Gasteiger partial charge in [-0.3, -0.25) is 0 Å². The maximum atomic E-state index is 6.09. The molecule has 1 nitrogen and oxygen atoms in total. The van der Waals surface area contributed by atoms with Crippen LogP contribution in [0.15, 0.2) is 24.3 Å². The van der Waals surface area contributed by atoms with Gasteiger partial charge in [0.2, 0.25) is 0 Å². The highest BCUT2D eigenvalue weighted by atomic mass is 35.5. The first-order chi connectivity index (χ1) is 10.2. The number of likely N-dealkylation sites (tertiary alicyclic amines) is 1. The average molecular weight is 342 g/mol. The number of hydrogen-bond donors (Lipinski definition) is 0. The van der Waals surface area contributed by atoms with Crippen LogP contribution in [0.5, 0.6) is 0 Å². The highest BCUT2D eigenvalue weighted by molar-refractivity contribution is 8.18. The molecule has 0 amide bonds. The minimum atomic E-state index is 0.235. The van der Waals surface area contributed by atoms with Crippen LogP contribution in [-0.4, -0.2) is 36.0 Å². The smallest absolute Gasteiger partial charge is 0.0875 e. The van der Waals surface area contributed by atoms with E-state index in [1.54, 1.807) is 0 Å². The second kappa shape index (κ2) is 7.16. The van der Waals surface area contributed by atoms with Crippen molar-refractivity contribution in [1.29, 1.82) is 0 Å². The first kappa shape index (κ1) is 16.0. The van der Waals surface area contributed by atoms with E-state index in [9.17, 15) is 0 Å². The van der Waals surface area contributed by atoms with Crippen molar-refractivity contribution in [1.82, 2.24) is 4.90 Å². The number of benzene rings is 1. The number of nitrogens with zero attached hydrogens (tertiary/aromatic N) is 1. The molecule has 0 saturated carbocycles. The summed E-state index contributed by atoms with van der Waals surface area (Å²) in [5.41, 5.74) is 1.46. The van der Waals surface area contributed by atoms with Crippen molar-refractivity contribution in [3.05, 3.63) is 34.9 Å². The first-order valence-electron chi connectivity index (χ1n) is 7.94. The predicted octanol–water partition coefficient (Wildman–Crippen LogP) is 5.24. The molecule has 2 aliphatic rings. The van der Waals surface area contributed by atoms with Crippen LogP contribution >= 0.6 is 35.1 Å². The molecule has 1 unspecified atom stereocenters. The molecule has 0 radical (unpaired) electrons. The largest absolute Gasteiger partial charge is 0.303 e. The number of piperidine rings is 1. The summed E-state index contributed by atoms with van der Waals surface area (Å²) in [5, 5.41) is 0.842. The van der Waals surface area contributed by atoms with Crippen molar-refractivity contribution in [2.45, 2.75) is 42.2 Å². The number of thioether (sulfide) groups is 2. The van der Waals surface area contributed by atoms with E-state index in [0.717, 1.165) is 11.1 Å². The normalized spacial score (nSPS) is 26.7. The Morgan fingerprint density at radius 2 is 1.86 bits per heavy atom. The highest BCUT2D eigenvalue weighted by Crippen LogP contribution is 2.54. The molecule has 21 heavy (non-hydrogen) atoms. The summed E-state index contributed by atoms with van der Waals surface area (Å²) in [4.78, 5) is 2.58. The molecule has 0 spiro atoms. The minimum absolute atomic E-state index is 0.235. The molecule has 2 aliphatic heterocycles. The van der Waals surface area contributed by atoms with Gasteiger partial charge in [-0.05, 0) is 68.5 Å². The van der Waals surface area contributed by atoms with E-state index in [1.807, 2.05) is 0 Å². The summed E-state index contributed by atoms with van der Waals surface area (Å²) in [6.45, 7) is 1.26. The first-order valence-corrected chi connectivity index (χ1v) is 10.3. The maximum Gasteiger partial charge on any atom is 0.0875 e. The van der Waals surface area contributed by atoms with Crippen molar-refractivity contribution < 1.29 is 0 Å². The van der Waals surface area contributed by atoms with Crippen LogP contribution in [0.4, 0.5) is 0 Å². The third-order valence-corrected chi connectivity index (χ3v) is 8.35. The molecule has 3 rings (SSSR count). The monoisotopic (exact) mass is 341 g/mol. The van der Waals surface area contributed by atoms with E-state index < -0.39 is 0 Å². The van der Waals surface area contributed by atoms with E-state index >= 15 is 0 Å². The van der Waals surface area contributed by atoms with Crippen molar-refractivity contribution in [3.8, 4) is 0 Å².